The van der Waals surface area contributed by atoms with Crippen molar-refractivity contribution in [2.24, 2.45) is 0 Å². The van der Waals surface area contributed by atoms with Gasteiger partial charge in [0.2, 0.25) is 0 Å². The Balaban J connectivity index is 1.54. The third-order valence-corrected chi connectivity index (χ3v) is 8.38. The number of rotatable bonds is 1. The summed E-state index contributed by atoms with van der Waals surface area (Å²) >= 11 is 1.86. The molecule has 0 atom stereocenters. The van der Waals surface area contributed by atoms with Gasteiger partial charge in [-0.05, 0) is 98.6 Å². The topological polar surface area (TPSA) is 9.03 Å². The molecule has 0 N–H and O–H groups in total. The van der Waals surface area contributed by atoms with Crippen molar-refractivity contribution < 1.29 is 4.40 Å². The number of benzene rings is 6. The first-order chi connectivity index (χ1) is 17.3. The summed E-state index contributed by atoms with van der Waals surface area (Å²) in [5.74, 6) is 0. The van der Waals surface area contributed by atoms with E-state index in [1.165, 1.54) is 69.8 Å². The quantitative estimate of drug-likeness (QED) is 0.170. The number of hydrogen-bond donors (Lipinski definition) is 0. The van der Waals surface area contributed by atoms with Crippen molar-refractivity contribution in [3.8, 4) is 5.69 Å². The predicted octanol–water partition coefficient (Wildman–Crippen LogP) is 8.35. The number of aryl methyl sites for hydroxylation is 1. The van der Waals surface area contributed by atoms with Crippen molar-refractivity contribution in [1.29, 1.82) is 0 Å². The molecule has 0 aliphatic rings. The molecule has 0 amide bonds. The first-order valence-electron chi connectivity index (χ1n) is 12.0. The minimum absolute atomic E-state index is 1.19. The van der Waals surface area contributed by atoms with E-state index in [1.807, 2.05) is 11.3 Å². The zero-order valence-corrected chi connectivity index (χ0v) is 20.0. The van der Waals surface area contributed by atoms with Gasteiger partial charge in [0.05, 0.1) is 4.70 Å². The molecule has 2 aromatic heterocycles. The number of nitrogens with zero attached hydrogens (tertiary/aromatic N) is 2. The van der Waals surface area contributed by atoms with Crippen LogP contribution < -0.4 is 4.40 Å². The molecule has 0 unspecified atom stereocenters. The second-order valence-electron chi connectivity index (χ2n) is 9.34. The number of hydrogen-bond acceptors (Lipinski definition) is 1. The molecule has 0 aliphatic heterocycles. The van der Waals surface area contributed by atoms with Gasteiger partial charge >= 0.3 is 4.96 Å². The molecule has 0 saturated carbocycles. The first kappa shape index (κ1) is 19.1. The monoisotopic (exact) mass is 465 g/mol. The van der Waals surface area contributed by atoms with E-state index < -0.39 is 0 Å². The van der Waals surface area contributed by atoms with Gasteiger partial charge in [0.1, 0.15) is 5.69 Å². The lowest BCUT2D eigenvalue weighted by Crippen LogP contribution is -2.17. The minimum atomic E-state index is 1.19. The summed E-state index contributed by atoms with van der Waals surface area (Å²) in [7, 11) is 0. The number of fused-ring (bicyclic) bond motifs is 11. The van der Waals surface area contributed by atoms with E-state index in [1.54, 1.807) is 0 Å². The van der Waals surface area contributed by atoms with Crippen LogP contribution in [-0.2, 0) is 0 Å². The third kappa shape index (κ3) is 2.56. The van der Waals surface area contributed by atoms with E-state index in [-0.39, 0.29) is 0 Å². The molecular formula is C32H21N2S+. The smallest absolute Gasteiger partial charge is 0.179 e. The van der Waals surface area contributed by atoms with Crippen molar-refractivity contribution in [1.82, 2.24) is 4.57 Å². The lowest BCUT2D eigenvalue weighted by atomic mass is 9.94. The Morgan fingerprint density at radius 3 is 1.94 bits per heavy atom. The highest BCUT2D eigenvalue weighted by Crippen LogP contribution is 2.37. The average molecular weight is 466 g/mol. The summed E-state index contributed by atoms with van der Waals surface area (Å²) in [6, 6.07) is 40.0. The van der Waals surface area contributed by atoms with Gasteiger partial charge in [-0.25, -0.2) is 0 Å². The Morgan fingerprint density at radius 1 is 0.571 bits per heavy atom. The molecule has 35 heavy (non-hydrogen) atoms. The van der Waals surface area contributed by atoms with E-state index in [9.17, 15) is 0 Å². The Labute approximate surface area is 205 Å². The maximum absolute atomic E-state index is 2.43. The van der Waals surface area contributed by atoms with Crippen LogP contribution in [0.2, 0.25) is 0 Å². The molecule has 3 heteroatoms. The van der Waals surface area contributed by atoms with Crippen molar-refractivity contribution in [3.63, 3.8) is 0 Å². The molecule has 164 valence electrons. The molecule has 2 nitrogen and oxygen atoms in total. The van der Waals surface area contributed by atoms with Crippen molar-refractivity contribution in [2.75, 3.05) is 0 Å². The number of thiazole rings is 1. The molecule has 8 rings (SSSR count). The van der Waals surface area contributed by atoms with E-state index >= 15 is 0 Å². The molecule has 0 fully saturated rings. The maximum atomic E-state index is 2.43. The minimum Gasteiger partial charge on any atom is -0.179 e. The fourth-order valence-corrected chi connectivity index (χ4v) is 7.03. The van der Waals surface area contributed by atoms with Gasteiger partial charge in [0, 0.05) is 0 Å². The van der Waals surface area contributed by atoms with Gasteiger partial charge < -0.3 is 0 Å². The van der Waals surface area contributed by atoms with Gasteiger partial charge in [-0.15, -0.1) is 0 Å². The van der Waals surface area contributed by atoms with Crippen LogP contribution in [0.5, 0.6) is 0 Å². The highest BCUT2D eigenvalue weighted by Gasteiger charge is 2.25. The molecule has 0 bridgehead atoms. The molecule has 8 aromatic rings. The summed E-state index contributed by atoms with van der Waals surface area (Å²) in [6.07, 6.45) is 0. The Kier molecular flexibility index (Phi) is 3.78. The Hall–Kier alpha value is -4.21. The van der Waals surface area contributed by atoms with Crippen LogP contribution in [0.4, 0.5) is 0 Å². The van der Waals surface area contributed by atoms with Crippen molar-refractivity contribution >= 4 is 69.9 Å². The molecule has 2 heterocycles. The summed E-state index contributed by atoms with van der Waals surface area (Å²) in [5.41, 5.74) is 6.22. The first-order valence-corrected chi connectivity index (χ1v) is 12.8. The highest BCUT2D eigenvalue weighted by molar-refractivity contribution is 7.23. The second kappa shape index (κ2) is 6.91. The van der Waals surface area contributed by atoms with E-state index in [0.717, 1.165) is 0 Å². The predicted molar refractivity (Wildman–Crippen MR) is 149 cm³/mol. The van der Waals surface area contributed by atoms with Crippen LogP contribution in [0.25, 0.3) is 64.2 Å². The number of aromatic nitrogens is 2. The largest absolute Gasteiger partial charge is 0.352 e. The molecular weight excluding hydrogens is 444 g/mol. The lowest BCUT2D eigenvalue weighted by Gasteiger charge is -2.11. The Morgan fingerprint density at radius 2 is 1.20 bits per heavy atom. The van der Waals surface area contributed by atoms with E-state index in [0.29, 0.717) is 0 Å². The third-order valence-electron chi connectivity index (χ3n) is 7.29. The zero-order valence-electron chi connectivity index (χ0n) is 19.2. The summed E-state index contributed by atoms with van der Waals surface area (Å²) in [4.78, 5) is 1.23. The SMILES string of the molecule is Cc1ccc2c(c1)sc1n(-c3ccc4c5ccccc5c5ccccc5c4c3)c3ccccc3[n+]21. The fourth-order valence-electron chi connectivity index (χ4n) is 5.74. The van der Waals surface area contributed by atoms with Gasteiger partial charge in [0.15, 0.2) is 16.6 Å². The standard InChI is InChI=1S/C32H21N2S/c1-20-14-17-30-31(18-20)35-32-33(28-12-6-7-13-29(28)34(30)32)21-15-16-26-24-10-3-2-8-22(24)23-9-4-5-11-25(23)27(26)19-21/h2-19H,1H3/q+1. The van der Waals surface area contributed by atoms with E-state index in [2.05, 4.69) is 125 Å². The second-order valence-corrected chi connectivity index (χ2v) is 10.3. The van der Waals surface area contributed by atoms with Gasteiger partial charge in [0.25, 0.3) is 0 Å². The van der Waals surface area contributed by atoms with Crippen LogP contribution >= 0.6 is 11.3 Å². The van der Waals surface area contributed by atoms with E-state index in [4.69, 9.17) is 0 Å². The van der Waals surface area contributed by atoms with Crippen LogP contribution in [0.3, 0.4) is 0 Å². The van der Waals surface area contributed by atoms with Crippen LogP contribution in [-0.4, -0.2) is 4.57 Å². The van der Waals surface area contributed by atoms with Crippen LogP contribution in [0.15, 0.2) is 109 Å². The fraction of sp³-hybridized carbons (Fsp3) is 0.0312. The van der Waals surface area contributed by atoms with Crippen molar-refractivity contribution in [2.45, 2.75) is 6.92 Å². The van der Waals surface area contributed by atoms with Crippen LogP contribution in [0.1, 0.15) is 5.56 Å². The van der Waals surface area contributed by atoms with Gasteiger partial charge in [-0.1, -0.05) is 66.7 Å². The van der Waals surface area contributed by atoms with Gasteiger partial charge in [-0.3, -0.25) is 0 Å². The molecule has 0 aliphatic carbocycles. The highest BCUT2D eigenvalue weighted by atomic mass is 32.1. The lowest BCUT2D eigenvalue weighted by molar-refractivity contribution is -0.446. The summed E-state index contributed by atoms with van der Waals surface area (Å²) < 4.78 is 6.16. The summed E-state index contributed by atoms with van der Waals surface area (Å²) in [6.45, 7) is 2.17. The Bertz CT molecular complexity index is 2090. The normalized spacial score (nSPS) is 12.1. The molecule has 6 aromatic carbocycles. The maximum Gasteiger partial charge on any atom is 0.352 e. The zero-order chi connectivity index (χ0) is 23.1. The average Bonchev–Trinajstić information content (AvgIpc) is 3.42. The molecule has 0 spiro atoms. The van der Waals surface area contributed by atoms with Crippen molar-refractivity contribution in [3.05, 3.63) is 115 Å². The molecule has 0 radical (unpaired) electrons. The number of para-hydroxylation sites is 2. The molecule has 0 saturated heterocycles. The van der Waals surface area contributed by atoms with Crippen LogP contribution in [0, 0.1) is 6.92 Å². The number of imidazole rings is 1. The van der Waals surface area contributed by atoms with Gasteiger partial charge in [-0.2, -0.15) is 8.97 Å². The summed E-state index contributed by atoms with van der Waals surface area (Å²) in [5, 5.41) is 7.83.